The first-order chi connectivity index (χ1) is 16.9. The van der Waals surface area contributed by atoms with Gasteiger partial charge in [0, 0.05) is 17.8 Å². The van der Waals surface area contributed by atoms with E-state index in [0.29, 0.717) is 36.5 Å². The lowest BCUT2D eigenvalue weighted by molar-refractivity contribution is 0.202. The molecule has 2 heterocycles. The molecule has 8 nitrogen and oxygen atoms in total. The number of allylic oxidation sites excluding steroid dienone is 1. The molecule has 8 heteroatoms. The molecule has 2 amide bonds. The Morgan fingerprint density at radius 2 is 1.91 bits per heavy atom. The first-order valence-electron chi connectivity index (χ1n) is 11.9. The van der Waals surface area contributed by atoms with Crippen LogP contribution in [0.5, 0.6) is 11.5 Å². The number of carbonyl (C=O) groups is 1. The van der Waals surface area contributed by atoms with E-state index in [0.717, 1.165) is 34.6 Å². The number of aromatic nitrogens is 2. The molecule has 4 rings (SSSR count). The van der Waals surface area contributed by atoms with E-state index < -0.39 is 6.04 Å². The second-order valence-electron chi connectivity index (χ2n) is 8.87. The molecular formula is C27H32N4O4. The van der Waals surface area contributed by atoms with Crippen molar-refractivity contribution in [2.45, 2.75) is 40.2 Å². The summed E-state index contributed by atoms with van der Waals surface area (Å²) in [7, 11) is 1.62. The molecule has 1 unspecified atom stereocenters. The summed E-state index contributed by atoms with van der Waals surface area (Å²) in [4.78, 5) is 19.6. The molecule has 0 saturated carbocycles. The zero-order valence-corrected chi connectivity index (χ0v) is 20.9. The number of carbonyl (C=O) groups excluding carboxylic acids is 1. The fourth-order valence-corrected chi connectivity index (χ4v) is 4.10. The first kappa shape index (κ1) is 24.3. The summed E-state index contributed by atoms with van der Waals surface area (Å²) in [6, 6.07) is 14.6. The largest absolute Gasteiger partial charge is 0.497 e. The molecule has 0 saturated heterocycles. The Morgan fingerprint density at radius 1 is 1.14 bits per heavy atom. The number of amides is 2. The molecule has 1 aliphatic rings. The summed E-state index contributed by atoms with van der Waals surface area (Å²) in [5.74, 6) is 2.79. The molecule has 2 aromatic carbocycles. The van der Waals surface area contributed by atoms with Crippen LogP contribution in [0.15, 0.2) is 58.8 Å². The predicted molar refractivity (Wildman–Crippen MR) is 134 cm³/mol. The quantitative estimate of drug-likeness (QED) is 0.427. The van der Waals surface area contributed by atoms with Crippen LogP contribution in [-0.4, -0.2) is 41.3 Å². The van der Waals surface area contributed by atoms with Crippen LogP contribution < -0.4 is 14.8 Å². The molecule has 1 atom stereocenters. The maximum atomic E-state index is 13.1. The number of hydrogen-bond donors (Lipinski definition) is 1. The molecule has 0 aliphatic carbocycles. The minimum atomic E-state index is -0.457. The van der Waals surface area contributed by atoms with Gasteiger partial charge in [-0.15, -0.1) is 0 Å². The number of methoxy groups -OCH3 is 1. The van der Waals surface area contributed by atoms with E-state index in [1.54, 1.807) is 12.0 Å². The monoisotopic (exact) mass is 476 g/mol. The molecule has 35 heavy (non-hydrogen) atoms. The van der Waals surface area contributed by atoms with Crippen molar-refractivity contribution in [1.29, 1.82) is 0 Å². The summed E-state index contributed by atoms with van der Waals surface area (Å²) in [5.41, 5.74) is 3.25. The Balaban J connectivity index is 1.75. The number of rotatable bonds is 9. The van der Waals surface area contributed by atoms with Crippen LogP contribution in [0.4, 0.5) is 4.79 Å². The van der Waals surface area contributed by atoms with Gasteiger partial charge in [-0.25, -0.2) is 4.79 Å². The molecule has 0 fully saturated rings. The van der Waals surface area contributed by atoms with E-state index in [-0.39, 0.29) is 6.03 Å². The van der Waals surface area contributed by atoms with Crippen LogP contribution in [-0.2, 0) is 0 Å². The maximum Gasteiger partial charge on any atom is 0.322 e. The summed E-state index contributed by atoms with van der Waals surface area (Å²) < 4.78 is 16.7. The number of ether oxygens (including phenoxy) is 2. The van der Waals surface area contributed by atoms with Crippen LogP contribution in [0.2, 0.25) is 0 Å². The lowest BCUT2D eigenvalue weighted by Gasteiger charge is -2.35. The van der Waals surface area contributed by atoms with Gasteiger partial charge in [0.2, 0.25) is 5.82 Å². The molecule has 3 aromatic rings. The second kappa shape index (κ2) is 10.6. The summed E-state index contributed by atoms with van der Waals surface area (Å²) in [5, 5.41) is 7.37. The van der Waals surface area contributed by atoms with Gasteiger partial charge in [0.15, 0.2) is 0 Å². The van der Waals surface area contributed by atoms with Gasteiger partial charge in [0.05, 0.1) is 25.3 Å². The van der Waals surface area contributed by atoms with Gasteiger partial charge in [-0.1, -0.05) is 31.1 Å². The molecule has 184 valence electrons. The van der Waals surface area contributed by atoms with E-state index >= 15 is 0 Å². The molecule has 1 aromatic heterocycles. The predicted octanol–water partition coefficient (Wildman–Crippen LogP) is 5.69. The van der Waals surface area contributed by atoms with Crippen LogP contribution in [0, 0.1) is 5.92 Å². The van der Waals surface area contributed by atoms with Crippen molar-refractivity contribution in [2.75, 3.05) is 20.3 Å². The molecular weight excluding hydrogens is 444 g/mol. The lowest BCUT2D eigenvalue weighted by Crippen LogP contribution is -2.46. The maximum absolute atomic E-state index is 13.1. The van der Waals surface area contributed by atoms with Gasteiger partial charge in [0.25, 0.3) is 5.89 Å². The highest BCUT2D eigenvalue weighted by atomic mass is 16.5. The van der Waals surface area contributed by atoms with Crippen molar-refractivity contribution in [2.24, 2.45) is 5.92 Å². The summed E-state index contributed by atoms with van der Waals surface area (Å²) >= 11 is 0. The SMILES string of the molecule is CCOc1ccc(-c2noc(C3=C(C)N(CCC(C)C)C(=O)NC3c3cccc(OC)c3)n2)cc1. The summed E-state index contributed by atoms with van der Waals surface area (Å²) in [6.45, 7) is 9.36. The van der Waals surface area contributed by atoms with Crippen molar-refractivity contribution in [3.63, 3.8) is 0 Å². The Labute approximate surface area is 205 Å². The zero-order valence-electron chi connectivity index (χ0n) is 20.9. The van der Waals surface area contributed by atoms with Crippen molar-refractivity contribution >= 4 is 11.6 Å². The third kappa shape index (κ3) is 5.31. The van der Waals surface area contributed by atoms with Crippen LogP contribution >= 0.6 is 0 Å². The Hall–Kier alpha value is -3.81. The lowest BCUT2D eigenvalue weighted by atomic mass is 9.94. The molecule has 0 radical (unpaired) electrons. The highest BCUT2D eigenvalue weighted by Gasteiger charge is 2.35. The Kier molecular flexibility index (Phi) is 7.39. The standard InChI is InChI=1S/C27H32N4O4/c1-6-34-21-12-10-19(11-13-21)25-29-26(35-30-25)23-18(4)31(15-14-17(2)3)27(32)28-24(23)20-8-7-9-22(16-20)33-5/h7-13,16-17,24H,6,14-15H2,1-5H3,(H,28,32). The average molecular weight is 477 g/mol. The van der Waals surface area contributed by atoms with E-state index in [2.05, 4.69) is 24.3 Å². The highest BCUT2D eigenvalue weighted by molar-refractivity contribution is 5.87. The average Bonchev–Trinajstić information content (AvgIpc) is 3.34. The molecule has 0 bridgehead atoms. The minimum Gasteiger partial charge on any atom is -0.497 e. The Morgan fingerprint density at radius 3 is 2.60 bits per heavy atom. The van der Waals surface area contributed by atoms with Crippen molar-refractivity contribution < 1.29 is 18.8 Å². The van der Waals surface area contributed by atoms with Crippen LogP contribution in [0.1, 0.15) is 51.6 Å². The van der Waals surface area contributed by atoms with E-state index in [4.69, 9.17) is 19.0 Å². The van der Waals surface area contributed by atoms with Gasteiger partial charge in [0.1, 0.15) is 11.5 Å². The third-order valence-corrected chi connectivity index (χ3v) is 6.03. The first-order valence-corrected chi connectivity index (χ1v) is 11.9. The number of hydrogen-bond acceptors (Lipinski definition) is 6. The number of nitrogens with one attached hydrogen (secondary N) is 1. The third-order valence-electron chi connectivity index (χ3n) is 6.03. The smallest absolute Gasteiger partial charge is 0.322 e. The highest BCUT2D eigenvalue weighted by Crippen LogP contribution is 2.38. The zero-order chi connectivity index (χ0) is 24.9. The summed E-state index contributed by atoms with van der Waals surface area (Å²) in [6.07, 6.45) is 0.878. The fraction of sp³-hybridized carbons (Fsp3) is 0.370. The van der Waals surface area contributed by atoms with E-state index in [1.807, 2.05) is 62.4 Å². The molecule has 0 spiro atoms. The number of urea groups is 1. The van der Waals surface area contributed by atoms with Gasteiger partial charge in [-0.3, -0.25) is 4.90 Å². The Bertz CT molecular complexity index is 1200. The van der Waals surface area contributed by atoms with Gasteiger partial charge in [-0.05, 0) is 68.1 Å². The topological polar surface area (TPSA) is 89.7 Å². The van der Waals surface area contributed by atoms with E-state index in [1.165, 1.54) is 0 Å². The van der Waals surface area contributed by atoms with Crippen molar-refractivity contribution in [3.05, 3.63) is 65.7 Å². The van der Waals surface area contributed by atoms with E-state index in [9.17, 15) is 4.79 Å². The van der Waals surface area contributed by atoms with Crippen LogP contribution in [0.25, 0.3) is 17.0 Å². The minimum absolute atomic E-state index is 0.147. The van der Waals surface area contributed by atoms with Crippen molar-refractivity contribution in [1.82, 2.24) is 20.4 Å². The van der Waals surface area contributed by atoms with Gasteiger partial charge < -0.3 is 19.3 Å². The second-order valence-corrected chi connectivity index (χ2v) is 8.87. The van der Waals surface area contributed by atoms with Gasteiger partial charge >= 0.3 is 6.03 Å². The molecule has 1 N–H and O–H groups in total. The fourth-order valence-electron chi connectivity index (χ4n) is 4.10. The number of benzene rings is 2. The van der Waals surface area contributed by atoms with Crippen LogP contribution in [0.3, 0.4) is 0 Å². The number of nitrogens with zero attached hydrogens (tertiary/aromatic N) is 3. The normalized spacial score (nSPS) is 16.0. The molecule has 1 aliphatic heterocycles. The van der Waals surface area contributed by atoms with Crippen molar-refractivity contribution in [3.8, 4) is 22.9 Å². The van der Waals surface area contributed by atoms with Gasteiger partial charge in [-0.2, -0.15) is 4.98 Å².